The van der Waals surface area contributed by atoms with Gasteiger partial charge in [0.1, 0.15) is 11.6 Å². The van der Waals surface area contributed by atoms with Crippen LogP contribution in [-0.2, 0) is 16.1 Å². The van der Waals surface area contributed by atoms with Crippen LogP contribution in [0.2, 0.25) is 0 Å². The molecule has 0 spiro atoms. The van der Waals surface area contributed by atoms with Gasteiger partial charge >= 0.3 is 12.1 Å². The lowest BCUT2D eigenvalue weighted by molar-refractivity contribution is -0.147. The number of methoxy groups -OCH3 is 1. The molecule has 0 bridgehead atoms. The smallest absolute Gasteiger partial charge is 0.426 e. The van der Waals surface area contributed by atoms with E-state index in [4.69, 9.17) is 16.3 Å². The van der Waals surface area contributed by atoms with Gasteiger partial charge in [-0.3, -0.25) is 4.79 Å². The molecule has 0 radical (unpaired) electrons. The molecule has 1 fully saturated rings. The maximum absolute atomic E-state index is 14.0. The first-order chi connectivity index (χ1) is 12.3. The van der Waals surface area contributed by atoms with Crippen molar-refractivity contribution in [3.8, 4) is 5.88 Å². The second kappa shape index (κ2) is 7.21. The Balaban J connectivity index is 2.15. The minimum Gasteiger partial charge on any atom is -0.479 e. The molecule has 11 heteroatoms. The molecule has 150 valence electrons. The lowest BCUT2D eigenvalue weighted by Gasteiger charge is -2.10. The summed E-state index contributed by atoms with van der Waals surface area (Å²) in [7, 11) is 0.979. The van der Waals surface area contributed by atoms with E-state index >= 15 is 0 Å². The van der Waals surface area contributed by atoms with E-state index in [9.17, 15) is 31.1 Å². The van der Waals surface area contributed by atoms with Crippen molar-refractivity contribution in [2.45, 2.75) is 26.6 Å². The van der Waals surface area contributed by atoms with E-state index in [0.717, 1.165) is 7.11 Å². The van der Waals surface area contributed by atoms with Gasteiger partial charge in [0.25, 0.3) is 11.8 Å². The molecule has 1 aliphatic rings. The third-order valence-electron chi connectivity index (χ3n) is 4.41. The van der Waals surface area contributed by atoms with Crippen LogP contribution in [0.15, 0.2) is 11.1 Å². The Kier molecular flexibility index (Phi) is 5.70. The van der Waals surface area contributed by atoms with Crippen molar-refractivity contribution in [2.24, 2.45) is 17.3 Å². The van der Waals surface area contributed by atoms with Gasteiger partial charge in [-0.15, -0.1) is 0 Å². The van der Waals surface area contributed by atoms with E-state index in [2.05, 4.69) is 9.72 Å². The number of nitrogens with zero attached hydrogens (tertiary/aromatic N) is 1. The summed E-state index contributed by atoms with van der Waals surface area (Å²) in [4.78, 5) is 15.0. The standard InChI is InChI=1S/C16H14ClF6NO3/c1-15(2)7(4-8(17)16(21,22)23)9(15)14(25)27-5-6-10(18)12(20)24-13(26-3)11(6)19/h4,7,9H,5H2,1-3H3. The number of pyridine rings is 1. The average Bonchev–Trinajstić information content (AvgIpc) is 3.10. The number of hydrogen-bond donors (Lipinski definition) is 0. The first kappa shape index (κ1) is 21.3. The van der Waals surface area contributed by atoms with Crippen LogP contribution < -0.4 is 4.74 Å². The number of alkyl halides is 3. The number of allylic oxidation sites excluding steroid dienone is 2. The lowest BCUT2D eigenvalue weighted by Crippen LogP contribution is -2.14. The molecule has 2 rings (SSSR count). The number of hydrogen-bond acceptors (Lipinski definition) is 4. The van der Waals surface area contributed by atoms with Gasteiger partial charge in [0.2, 0.25) is 0 Å². The Morgan fingerprint density at radius 3 is 2.37 bits per heavy atom. The van der Waals surface area contributed by atoms with E-state index < -0.39 is 70.1 Å². The van der Waals surface area contributed by atoms with E-state index in [-0.39, 0.29) is 0 Å². The molecule has 4 nitrogen and oxygen atoms in total. The molecule has 0 amide bonds. The van der Waals surface area contributed by atoms with Crippen LogP contribution in [-0.4, -0.2) is 24.2 Å². The number of rotatable bonds is 5. The molecule has 1 heterocycles. The third-order valence-corrected chi connectivity index (χ3v) is 4.75. The molecule has 1 aromatic heterocycles. The van der Waals surface area contributed by atoms with Gasteiger partial charge in [0.05, 0.1) is 18.6 Å². The summed E-state index contributed by atoms with van der Waals surface area (Å²) in [5.74, 6) is -8.37. The van der Waals surface area contributed by atoms with Gasteiger partial charge < -0.3 is 9.47 Å². The van der Waals surface area contributed by atoms with Crippen LogP contribution in [0.3, 0.4) is 0 Å². The predicted molar refractivity (Wildman–Crippen MR) is 81.2 cm³/mol. The molecular weight excluding hydrogens is 404 g/mol. The fraction of sp³-hybridized carbons (Fsp3) is 0.500. The first-order valence-electron chi connectivity index (χ1n) is 7.50. The highest BCUT2D eigenvalue weighted by atomic mass is 35.5. The van der Waals surface area contributed by atoms with Gasteiger partial charge in [0, 0.05) is 0 Å². The number of carbonyl (C=O) groups is 1. The zero-order chi connectivity index (χ0) is 20.7. The number of esters is 1. The molecule has 1 saturated carbocycles. The van der Waals surface area contributed by atoms with Crippen LogP contribution >= 0.6 is 11.6 Å². The maximum atomic E-state index is 14.0. The summed E-state index contributed by atoms with van der Waals surface area (Å²) < 4.78 is 87.8. The lowest BCUT2D eigenvalue weighted by atomic mass is 10.1. The fourth-order valence-corrected chi connectivity index (χ4v) is 2.86. The van der Waals surface area contributed by atoms with E-state index in [1.807, 2.05) is 0 Å². The van der Waals surface area contributed by atoms with Crippen molar-refractivity contribution in [1.82, 2.24) is 4.98 Å². The molecular formula is C16H14ClF6NO3. The van der Waals surface area contributed by atoms with Crippen molar-refractivity contribution in [3.63, 3.8) is 0 Å². The van der Waals surface area contributed by atoms with Gasteiger partial charge in [-0.1, -0.05) is 31.5 Å². The van der Waals surface area contributed by atoms with Crippen LogP contribution in [0.5, 0.6) is 5.88 Å². The third kappa shape index (κ3) is 4.15. The minimum atomic E-state index is -4.76. The van der Waals surface area contributed by atoms with Crippen molar-refractivity contribution in [1.29, 1.82) is 0 Å². The van der Waals surface area contributed by atoms with Crippen LogP contribution in [0.25, 0.3) is 0 Å². The average molecular weight is 418 g/mol. The number of halogens is 7. The van der Waals surface area contributed by atoms with E-state index in [1.165, 1.54) is 13.8 Å². The van der Waals surface area contributed by atoms with Crippen LogP contribution in [0.4, 0.5) is 26.3 Å². The molecule has 0 aromatic carbocycles. The van der Waals surface area contributed by atoms with Gasteiger partial charge in [0.15, 0.2) is 11.6 Å². The van der Waals surface area contributed by atoms with Crippen molar-refractivity contribution in [3.05, 3.63) is 34.3 Å². The molecule has 0 N–H and O–H groups in total. The molecule has 2 unspecified atom stereocenters. The van der Waals surface area contributed by atoms with Gasteiger partial charge in [-0.2, -0.15) is 22.5 Å². The van der Waals surface area contributed by atoms with E-state index in [0.29, 0.717) is 6.08 Å². The quantitative estimate of drug-likeness (QED) is 0.402. The highest BCUT2D eigenvalue weighted by Crippen LogP contribution is 2.60. The summed E-state index contributed by atoms with van der Waals surface area (Å²) in [6.07, 6.45) is -4.06. The summed E-state index contributed by atoms with van der Waals surface area (Å²) in [5.41, 5.74) is -1.83. The molecule has 1 aromatic rings. The summed E-state index contributed by atoms with van der Waals surface area (Å²) >= 11 is 5.18. The fourth-order valence-electron chi connectivity index (χ4n) is 2.72. The summed E-state index contributed by atoms with van der Waals surface area (Å²) in [5, 5.41) is -1.38. The topological polar surface area (TPSA) is 48.4 Å². The van der Waals surface area contributed by atoms with Crippen molar-refractivity contribution < 1.29 is 40.6 Å². The van der Waals surface area contributed by atoms with Crippen molar-refractivity contribution >= 4 is 17.6 Å². The van der Waals surface area contributed by atoms with Gasteiger partial charge in [-0.25, -0.2) is 8.78 Å². The Labute approximate surface area is 155 Å². The summed E-state index contributed by atoms with van der Waals surface area (Å²) in [6, 6.07) is 0. The van der Waals surface area contributed by atoms with Crippen LogP contribution in [0, 0.1) is 34.8 Å². The largest absolute Gasteiger partial charge is 0.479 e. The van der Waals surface area contributed by atoms with Gasteiger partial charge in [-0.05, 0) is 11.3 Å². The number of carbonyl (C=O) groups excluding carboxylic acids is 1. The molecule has 0 saturated heterocycles. The summed E-state index contributed by atoms with van der Waals surface area (Å²) in [6.45, 7) is 2.04. The van der Waals surface area contributed by atoms with E-state index in [1.54, 1.807) is 0 Å². The number of aromatic nitrogens is 1. The number of ether oxygens (including phenoxy) is 2. The predicted octanol–water partition coefficient (Wildman–Crippen LogP) is 4.51. The Morgan fingerprint density at radius 2 is 1.85 bits per heavy atom. The van der Waals surface area contributed by atoms with Crippen LogP contribution in [0.1, 0.15) is 19.4 Å². The zero-order valence-corrected chi connectivity index (χ0v) is 15.0. The first-order valence-corrected chi connectivity index (χ1v) is 7.88. The zero-order valence-electron chi connectivity index (χ0n) is 14.3. The Hall–Kier alpha value is -1.97. The molecule has 27 heavy (non-hydrogen) atoms. The molecule has 2 atom stereocenters. The Bertz CT molecular complexity index is 793. The normalized spacial score (nSPS) is 21.8. The van der Waals surface area contributed by atoms with Crippen molar-refractivity contribution in [2.75, 3.05) is 7.11 Å². The Morgan fingerprint density at radius 1 is 1.26 bits per heavy atom. The second-order valence-corrected chi connectivity index (χ2v) is 6.87. The molecule has 0 aliphatic heterocycles. The SMILES string of the molecule is COc1nc(F)c(F)c(COC(=O)C2C(C=C(Cl)C(F)(F)F)C2(C)C)c1F. The second-order valence-electron chi connectivity index (χ2n) is 6.46. The highest BCUT2D eigenvalue weighted by molar-refractivity contribution is 6.30. The molecule has 1 aliphatic carbocycles. The minimum absolute atomic E-state index is 0.698. The highest BCUT2D eigenvalue weighted by Gasteiger charge is 2.62. The maximum Gasteiger partial charge on any atom is 0.426 e. The monoisotopic (exact) mass is 417 g/mol.